The molecule has 1 spiro atoms. The maximum absolute atomic E-state index is 6.31. The maximum atomic E-state index is 6.31. The van der Waals surface area contributed by atoms with Gasteiger partial charge in [-0.05, 0) is 59.9 Å². The molecule has 0 radical (unpaired) electrons. The Kier molecular flexibility index (Phi) is 3.26. The minimum absolute atomic E-state index is 0. The highest BCUT2D eigenvalue weighted by Crippen LogP contribution is 2.57. The van der Waals surface area contributed by atoms with Gasteiger partial charge in [0.15, 0.2) is 0 Å². The van der Waals surface area contributed by atoms with E-state index >= 15 is 0 Å². The van der Waals surface area contributed by atoms with Gasteiger partial charge in [0.1, 0.15) is 5.84 Å². The summed E-state index contributed by atoms with van der Waals surface area (Å²) in [6.45, 7) is 1.91. The number of amidine groups is 1. The van der Waals surface area contributed by atoms with E-state index in [0.717, 1.165) is 30.4 Å². The fourth-order valence-electron chi connectivity index (χ4n) is 3.53. The van der Waals surface area contributed by atoms with Gasteiger partial charge in [0, 0.05) is 18.0 Å². The van der Waals surface area contributed by atoms with Crippen molar-refractivity contribution in [3.63, 3.8) is 0 Å². The molecule has 2 aliphatic carbocycles. The molecule has 3 aliphatic rings. The molecule has 102 valence electrons. The van der Waals surface area contributed by atoms with Crippen LogP contribution in [-0.4, -0.2) is 18.9 Å². The lowest BCUT2D eigenvalue weighted by atomic mass is 9.95. The van der Waals surface area contributed by atoms with Crippen LogP contribution in [0.2, 0.25) is 5.02 Å². The summed E-state index contributed by atoms with van der Waals surface area (Å²) >= 11 is 6.31. The lowest BCUT2D eigenvalue weighted by molar-refractivity contribution is 0.681. The largest absolute Gasteiger partial charge is 0.372 e. The maximum Gasteiger partial charge on any atom is 0.101 e. The van der Waals surface area contributed by atoms with Crippen molar-refractivity contribution >= 4 is 29.8 Å². The number of aliphatic imine (C=N–C) groups is 1. The second-order valence-corrected chi connectivity index (χ2v) is 6.24. The first-order valence-corrected chi connectivity index (χ1v) is 7.24. The number of hydrogen-bond acceptors (Lipinski definition) is 2. The smallest absolute Gasteiger partial charge is 0.101 e. The molecule has 1 aromatic carbocycles. The van der Waals surface area contributed by atoms with Gasteiger partial charge in [0.25, 0.3) is 0 Å². The van der Waals surface area contributed by atoms with Crippen LogP contribution >= 0.6 is 24.0 Å². The SMILES string of the molecule is Cl.Clc1cc(CC2=NCCN2)c2c(c1)C1(CC2)CC1. The Morgan fingerprint density at radius 2 is 2.11 bits per heavy atom. The summed E-state index contributed by atoms with van der Waals surface area (Å²) < 4.78 is 0. The third-order valence-electron chi connectivity index (χ3n) is 4.69. The molecule has 0 saturated heterocycles. The topological polar surface area (TPSA) is 24.4 Å². The van der Waals surface area contributed by atoms with Crippen molar-refractivity contribution in [2.45, 2.75) is 37.5 Å². The van der Waals surface area contributed by atoms with Crippen molar-refractivity contribution in [2.24, 2.45) is 4.99 Å². The molecule has 0 amide bonds. The molecule has 4 rings (SSSR count). The average Bonchev–Trinajstić information content (AvgIpc) is 2.78. The van der Waals surface area contributed by atoms with E-state index in [1.165, 1.54) is 31.2 Å². The Labute approximate surface area is 125 Å². The summed E-state index contributed by atoms with van der Waals surface area (Å²) in [6.07, 6.45) is 6.21. The zero-order valence-corrected chi connectivity index (χ0v) is 12.4. The van der Waals surface area contributed by atoms with E-state index in [1.807, 2.05) is 0 Å². The van der Waals surface area contributed by atoms with Gasteiger partial charge in [-0.2, -0.15) is 0 Å². The molecule has 1 N–H and O–H groups in total. The molecule has 0 unspecified atom stereocenters. The van der Waals surface area contributed by atoms with Gasteiger partial charge in [-0.3, -0.25) is 4.99 Å². The Bertz CT molecular complexity index is 547. The van der Waals surface area contributed by atoms with Gasteiger partial charge in [-0.25, -0.2) is 0 Å². The summed E-state index contributed by atoms with van der Waals surface area (Å²) in [5.41, 5.74) is 5.02. The number of nitrogens with zero attached hydrogens (tertiary/aromatic N) is 1. The quantitative estimate of drug-likeness (QED) is 0.890. The van der Waals surface area contributed by atoms with Crippen LogP contribution in [0.5, 0.6) is 0 Å². The van der Waals surface area contributed by atoms with Crippen LogP contribution in [-0.2, 0) is 18.3 Å². The zero-order valence-electron chi connectivity index (χ0n) is 10.8. The molecular weight excluding hydrogens is 279 g/mol. The van der Waals surface area contributed by atoms with E-state index in [1.54, 1.807) is 11.1 Å². The van der Waals surface area contributed by atoms with Crippen LogP contribution < -0.4 is 5.32 Å². The summed E-state index contributed by atoms with van der Waals surface area (Å²) in [5.74, 6) is 1.14. The summed E-state index contributed by atoms with van der Waals surface area (Å²) in [4.78, 5) is 4.50. The monoisotopic (exact) mass is 296 g/mol. The molecule has 0 atom stereocenters. The van der Waals surface area contributed by atoms with E-state index < -0.39 is 0 Å². The molecule has 1 heterocycles. The minimum Gasteiger partial charge on any atom is -0.372 e. The number of hydrogen-bond donors (Lipinski definition) is 1. The summed E-state index contributed by atoms with van der Waals surface area (Å²) in [7, 11) is 0. The van der Waals surface area contributed by atoms with Crippen molar-refractivity contribution < 1.29 is 0 Å². The Hall–Kier alpha value is -0.730. The van der Waals surface area contributed by atoms with Crippen molar-refractivity contribution in [3.8, 4) is 0 Å². The van der Waals surface area contributed by atoms with Crippen molar-refractivity contribution in [2.75, 3.05) is 13.1 Å². The Balaban J connectivity index is 0.00000110. The number of halogens is 2. The third-order valence-corrected chi connectivity index (χ3v) is 4.91. The predicted octanol–water partition coefficient (Wildman–Crippen LogP) is 3.28. The average molecular weight is 297 g/mol. The predicted molar refractivity (Wildman–Crippen MR) is 81.9 cm³/mol. The first-order chi connectivity index (χ1) is 8.77. The number of fused-ring (bicyclic) bond motifs is 2. The van der Waals surface area contributed by atoms with E-state index in [4.69, 9.17) is 11.6 Å². The number of nitrogens with one attached hydrogen (secondary N) is 1. The first kappa shape index (κ1) is 13.3. The lowest BCUT2D eigenvalue weighted by Gasteiger charge is -2.13. The minimum atomic E-state index is 0. The van der Waals surface area contributed by atoms with E-state index in [2.05, 4.69) is 22.4 Å². The van der Waals surface area contributed by atoms with Crippen molar-refractivity contribution in [1.82, 2.24) is 5.32 Å². The number of rotatable bonds is 2. The highest BCUT2D eigenvalue weighted by atomic mass is 35.5. The second kappa shape index (κ2) is 4.68. The van der Waals surface area contributed by atoms with Crippen LogP contribution in [0.3, 0.4) is 0 Å². The highest BCUT2D eigenvalue weighted by Gasteiger charge is 2.49. The number of benzene rings is 1. The van der Waals surface area contributed by atoms with Gasteiger partial charge in [0.2, 0.25) is 0 Å². The van der Waals surface area contributed by atoms with Crippen LogP contribution in [0, 0.1) is 0 Å². The molecule has 1 aliphatic heterocycles. The molecule has 0 aromatic heterocycles. The Morgan fingerprint density at radius 1 is 1.26 bits per heavy atom. The van der Waals surface area contributed by atoms with Crippen LogP contribution in [0.25, 0.3) is 0 Å². The fraction of sp³-hybridized carbons (Fsp3) is 0.533. The summed E-state index contributed by atoms with van der Waals surface area (Å²) in [6, 6.07) is 4.36. The molecule has 2 nitrogen and oxygen atoms in total. The van der Waals surface area contributed by atoms with Crippen molar-refractivity contribution in [3.05, 3.63) is 33.8 Å². The van der Waals surface area contributed by atoms with Gasteiger partial charge in [-0.1, -0.05) is 11.6 Å². The Morgan fingerprint density at radius 3 is 2.79 bits per heavy atom. The normalized spacial score (nSPS) is 21.6. The molecule has 1 saturated carbocycles. The van der Waals surface area contributed by atoms with Gasteiger partial charge in [-0.15, -0.1) is 12.4 Å². The third kappa shape index (κ3) is 2.15. The highest BCUT2D eigenvalue weighted by molar-refractivity contribution is 6.30. The lowest BCUT2D eigenvalue weighted by Crippen LogP contribution is -2.21. The molecule has 19 heavy (non-hydrogen) atoms. The second-order valence-electron chi connectivity index (χ2n) is 5.80. The van der Waals surface area contributed by atoms with Crippen LogP contribution in [0.15, 0.2) is 17.1 Å². The molecule has 4 heteroatoms. The molecule has 0 bridgehead atoms. The van der Waals surface area contributed by atoms with Crippen LogP contribution in [0.4, 0.5) is 0 Å². The van der Waals surface area contributed by atoms with Gasteiger partial charge < -0.3 is 5.32 Å². The fourth-order valence-corrected chi connectivity index (χ4v) is 3.78. The molecule has 1 aromatic rings. The van der Waals surface area contributed by atoms with E-state index in [-0.39, 0.29) is 12.4 Å². The van der Waals surface area contributed by atoms with E-state index in [0.29, 0.717) is 5.41 Å². The molecular formula is C15H18Cl2N2. The van der Waals surface area contributed by atoms with Gasteiger partial charge >= 0.3 is 0 Å². The van der Waals surface area contributed by atoms with Crippen molar-refractivity contribution in [1.29, 1.82) is 0 Å². The van der Waals surface area contributed by atoms with E-state index in [9.17, 15) is 0 Å². The van der Waals surface area contributed by atoms with Gasteiger partial charge in [0.05, 0.1) is 6.54 Å². The standard InChI is InChI=1S/C15H17ClN2.ClH/c16-11-7-10(8-14-17-5-6-18-14)12-1-2-15(3-4-15)13(12)9-11;/h7,9H,1-6,8H2,(H,17,18);1H. The zero-order chi connectivity index (χ0) is 12.2. The first-order valence-electron chi connectivity index (χ1n) is 6.86. The summed E-state index contributed by atoms with van der Waals surface area (Å²) in [5, 5.41) is 4.26. The molecule has 1 fully saturated rings. The van der Waals surface area contributed by atoms with Crippen LogP contribution in [0.1, 0.15) is 36.0 Å².